The number of phenolic OH excluding ortho intramolecular Hbond substituents is 1. The minimum atomic E-state index is -0.603. The van der Waals surface area contributed by atoms with Crippen LogP contribution in [0.15, 0.2) is 41.8 Å². The van der Waals surface area contributed by atoms with Crippen LogP contribution in [0.2, 0.25) is 0 Å². The highest BCUT2D eigenvalue weighted by Gasteiger charge is 2.29. The molecule has 0 bridgehead atoms. The van der Waals surface area contributed by atoms with E-state index in [1.165, 1.54) is 12.1 Å². The number of carbonyl (C=O) groups excluding carboxylic acids is 2. The molecule has 0 radical (unpaired) electrons. The quantitative estimate of drug-likeness (QED) is 0.167. The first kappa shape index (κ1) is 32.9. The highest BCUT2D eigenvalue weighted by molar-refractivity contribution is 7.10. The van der Waals surface area contributed by atoms with Gasteiger partial charge in [-0.3, -0.25) is 19.7 Å². The van der Waals surface area contributed by atoms with Crippen molar-refractivity contribution in [2.24, 2.45) is 0 Å². The molecule has 234 valence electrons. The average Bonchev–Trinajstić information content (AvgIpc) is 3.43. The predicted octanol–water partition coefficient (Wildman–Crippen LogP) is 7.54. The fraction of sp³-hybridized carbons (Fsp3) is 0.441. The molecule has 3 aromatic rings. The van der Waals surface area contributed by atoms with Gasteiger partial charge in [0.05, 0.1) is 15.6 Å². The molecule has 0 aliphatic carbocycles. The van der Waals surface area contributed by atoms with Crippen LogP contribution in [0.5, 0.6) is 5.75 Å². The summed E-state index contributed by atoms with van der Waals surface area (Å²) >= 11 is 1.62. The maximum Gasteiger partial charge on any atom is 0.293 e. The predicted molar refractivity (Wildman–Crippen MR) is 176 cm³/mol. The number of aryl methyl sites for hydroxylation is 2. The van der Waals surface area contributed by atoms with Gasteiger partial charge in [0, 0.05) is 59.3 Å². The number of amides is 2. The number of nitrogens with zero attached hydrogens (tertiary/aromatic N) is 3. The molecule has 4 rings (SSSR count). The summed E-state index contributed by atoms with van der Waals surface area (Å²) in [5.41, 5.74) is 4.68. The Balaban J connectivity index is 1.41. The molecule has 1 fully saturated rings. The topological polar surface area (TPSA) is 126 Å². The first-order valence-corrected chi connectivity index (χ1v) is 15.7. The van der Waals surface area contributed by atoms with Gasteiger partial charge in [-0.2, -0.15) is 0 Å². The van der Waals surface area contributed by atoms with Crippen molar-refractivity contribution in [3.05, 3.63) is 79.2 Å². The summed E-state index contributed by atoms with van der Waals surface area (Å²) in [6.07, 6.45) is 3.84. The molecule has 44 heavy (non-hydrogen) atoms. The zero-order valence-electron chi connectivity index (χ0n) is 26.8. The summed E-state index contributed by atoms with van der Waals surface area (Å²) < 4.78 is 0. The average molecular weight is 619 g/mol. The standard InChI is InChI=1S/C34H42N4O5S/c1-20-15-26(28(38(42)43)16-21(20)2)35-29(39)9-10-30(40)37-13-11-22(12-14-37)32-36-27(19-44-32)23-17-24(33(3,4)5)31(41)25(18-23)34(6,7)8/h9-10,15-19,22,41H,11-14H2,1-8H3,(H,35,39). The second kappa shape index (κ2) is 12.5. The Hall–Kier alpha value is -4.05. The molecule has 9 nitrogen and oxygen atoms in total. The van der Waals surface area contributed by atoms with Crippen molar-refractivity contribution >= 4 is 34.5 Å². The van der Waals surface area contributed by atoms with Crippen LogP contribution in [0.4, 0.5) is 11.4 Å². The van der Waals surface area contributed by atoms with Gasteiger partial charge < -0.3 is 15.3 Å². The lowest BCUT2D eigenvalue weighted by Crippen LogP contribution is -2.37. The summed E-state index contributed by atoms with van der Waals surface area (Å²) in [6, 6.07) is 7.08. The zero-order chi connectivity index (χ0) is 32.6. The maximum atomic E-state index is 12.8. The molecule has 1 saturated heterocycles. The Labute approximate surface area is 263 Å². The largest absolute Gasteiger partial charge is 0.507 e. The number of phenols is 1. The normalized spacial score (nSPS) is 14.7. The van der Waals surface area contributed by atoms with E-state index in [1.54, 1.807) is 29.2 Å². The summed E-state index contributed by atoms with van der Waals surface area (Å²) in [7, 11) is 0. The van der Waals surface area contributed by atoms with E-state index in [4.69, 9.17) is 4.98 Å². The number of benzene rings is 2. The Morgan fingerprint density at radius 2 is 1.57 bits per heavy atom. The molecule has 0 saturated carbocycles. The highest BCUT2D eigenvalue weighted by Crippen LogP contribution is 2.42. The van der Waals surface area contributed by atoms with E-state index in [0.717, 1.165) is 57.4 Å². The monoisotopic (exact) mass is 618 g/mol. The third kappa shape index (κ3) is 7.35. The molecule has 2 N–H and O–H groups in total. The number of piperidine rings is 1. The number of likely N-dealkylation sites (tertiary alicyclic amines) is 1. The molecule has 0 atom stereocenters. The summed E-state index contributed by atoms with van der Waals surface area (Å²) in [6.45, 7) is 17.2. The van der Waals surface area contributed by atoms with Crippen LogP contribution in [0.3, 0.4) is 0 Å². The van der Waals surface area contributed by atoms with Crippen molar-refractivity contribution in [2.75, 3.05) is 18.4 Å². The molecule has 1 aromatic heterocycles. The van der Waals surface area contributed by atoms with E-state index in [9.17, 15) is 24.8 Å². The number of nitro groups is 1. The number of hydrogen-bond acceptors (Lipinski definition) is 7. The van der Waals surface area contributed by atoms with Gasteiger partial charge in [0.1, 0.15) is 11.4 Å². The third-order valence-corrected chi connectivity index (χ3v) is 9.15. The number of hydrogen-bond donors (Lipinski definition) is 2. The van der Waals surface area contributed by atoms with Crippen molar-refractivity contribution < 1.29 is 19.6 Å². The van der Waals surface area contributed by atoms with Gasteiger partial charge in [0.15, 0.2) is 0 Å². The lowest BCUT2D eigenvalue weighted by atomic mass is 9.78. The van der Waals surface area contributed by atoms with Crippen LogP contribution >= 0.6 is 11.3 Å². The van der Waals surface area contributed by atoms with E-state index in [0.29, 0.717) is 18.8 Å². The Morgan fingerprint density at radius 3 is 2.11 bits per heavy atom. The number of aromatic nitrogens is 1. The van der Waals surface area contributed by atoms with Crippen LogP contribution in [-0.2, 0) is 20.4 Å². The van der Waals surface area contributed by atoms with Crippen LogP contribution in [0.25, 0.3) is 11.3 Å². The molecule has 10 heteroatoms. The minimum Gasteiger partial charge on any atom is -0.507 e. The lowest BCUT2D eigenvalue weighted by Gasteiger charge is -2.30. The molecule has 2 heterocycles. The van der Waals surface area contributed by atoms with E-state index in [2.05, 4.69) is 52.2 Å². The molecule has 0 spiro atoms. The summed E-state index contributed by atoms with van der Waals surface area (Å²) in [5, 5.41) is 28.1. The SMILES string of the molecule is Cc1cc(NC(=O)C=CC(=O)N2CCC(c3nc(-c4cc(C(C)(C)C)c(O)c(C(C)(C)C)c4)cs3)CC2)c([N+](=O)[O-])cc1C. The lowest BCUT2D eigenvalue weighted by molar-refractivity contribution is -0.384. The van der Waals surface area contributed by atoms with Gasteiger partial charge in [0.25, 0.3) is 5.69 Å². The Morgan fingerprint density at radius 1 is 1.00 bits per heavy atom. The number of carbonyl (C=O) groups is 2. The van der Waals surface area contributed by atoms with Gasteiger partial charge in [0.2, 0.25) is 11.8 Å². The Bertz CT molecular complexity index is 1580. The molecular weight excluding hydrogens is 576 g/mol. The van der Waals surface area contributed by atoms with Gasteiger partial charge in [-0.1, -0.05) is 41.5 Å². The van der Waals surface area contributed by atoms with E-state index >= 15 is 0 Å². The number of nitrogens with one attached hydrogen (secondary N) is 1. The van der Waals surface area contributed by atoms with Crippen LogP contribution in [0, 0.1) is 24.0 Å². The number of nitro benzene ring substituents is 1. The van der Waals surface area contributed by atoms with Crippen molar-refractivity contribution in [1.29, 1.82) is 0 Å². The van der Waals surface area contributed by atoms with Crippen molar-refractivity contribution in [3.63, 3.8) is 0 Å². The fourth-order valence-electron chi connectivity index (χ4n) is 5.36. The number of aromatic hydroxyl groups is 1. The molecule has 1 aliphatic rings. The van der Waals surface area contributed by atoms with E-state index in [-0.39, 0.29) is 34.0 Å². The van der Waals surface area contributed by atoms with Crippen LogP contribution < -0.4 is 5.32 Å². The minimum absolute atomic E-state index is 0.0976. The van der Waals surface area contributed by atoms with E-state index in [1.807, 2.05) is 19.1 Å². The van der Waals surface area contributed by atoms with Gasteiger partial charge in [-0.15, -0.1) is 11.3 Å². The Kier molecular flexibility index (Phi) is 9.35. The van der Waals surface area contributed by atoms with Crippen LogP contribution in [-0.4, -0.2) is 44.8 Å². The van der Waals surface area contributed by atoms with E-state index < -0.39 is 10.8 Å². The maximum absolute atomic E-state index is 12.8. The number of anilines is 1. The zero-order valence-corrected chi connectivity index (χ0v) is 27.6. The van der Waals surface area contributed by atoms with Gasteiger partial charge >= 0.3 is 0 Å². The number of thiazole rings is 1. The second-order valence-electron chi connectivity index (χ2n) is 13.6. The van der Waals surface area contributed by atoms with Crippen molar-refractivity contribution in [2.45, 2.75) is 85.0 Å². The first-order chi connectivity index (χ1) is 20.5. The van der Waals surface area contributed by atoms with Crippen molar-refractivity contribution in [3.8, 4) is 17.0 Å². The molecule has 0 unspecified atom stereocenters. The smallest absolute Gasteiger partial charge is 0.293 e. The van der Waals surface area contributed by atoms with Crippen LogP contribution in [0.1, 0.15) is 87.6 Å². The highest BCUT2D eigenvalue weighted by atomic mass is 32.1. The fourth-order valence-corrected chi connectivity index (χ4v) is 6.36. The first-order valence-electron chi connectivity index (χ1n) is 14.8. The molecule has 2 aromatic carbocycles. The molecular formula is C34H42N4O5S. The molecule has 2 amide bonds. The summed E-state index contributed by atoms with van der Waals surface area (Å²) in [4.78, 5) is 42.9. The van der Waals surface area contributed by atoms with Crippen molar-refractivity contribution in [1.82, 2.24) is 9.88 Å². The second-order valence-corrected chi connectivity index (χ2v) is 14.5. The number of rotatable bonds is 6. The van der Waals surface area contributed by atoms with Gasteiger partial charge in [-0.25, -0.2) is 4.98 Å². The summed E-state index contributed by atoms with van der Waals surface area (Å²) in [5.74, 6) is -0.314. The third-order valence-electron chi connectivity index (χ3n) is 8.14. The molecule has 1 aliphatic heterocycles. The van der Waals surface area contributed by atoms with Gasteiger partial charge in [-0.05, 0) is 66.8 Å².